The average molecular weight is 377 g/mol. The lowest BCUT2D eigenvalue weighted by molar-refractivity contribution is 0.0380. The zero-order valence-corrected chi connectivity index (χ0v) is 14.9. The van der Waals surface area contributed by atoms with Crippen LogP contribution >= 0.6 is 15.9 Å². The number of rotatable bonds is 4. The summed E-state index contributed by atoms with van der Waals surface area (Å²) >= 11 is 3.45. The van der Waals surface area contributed by atoms with Gasteiger partial charge < -0.3 is 9.64 Å². The highest BCUT2D eigenvalue weighted by molar-refractivity contribution is 9.09. The molecule has 7 heteroatoms. The number of benzene rings is 1. The van der Waals surface area contributed by atoms with Gasteiger partial charge in [-0.05, 0) is 31.2 Å². The third kappa shape index (κ3) is 3.59. The predicted octanol–water partition coefficient (Wildman–Crippen LogP) is 1.93. The highest BCUT2D eigenvalue weighted by atomic mass is 79.9. The summed E-state index contributed by atoms with van der Waals surface area (Å²) in [4.78, 5) is 2.57. The molecule has 1 heterocycles. The van der Waals surface area contributed by atoms with Crippen LogP contribution in [0.1, 0.15) is 6.92 Å². The number of hydrogen-bond acceptors (Lipinski definition) is 4. The molecule has 1 aliphatic rings. The summed E-state index contributed by atoms with van der Waals surface area (Å²) in [6.45, 7) is 3.58. The molecule has 0 aromatic heterocycles. The monoisotopic (exact) mass is 376 g/mol. The zero-order chi connectivity index (χ0) is 15.6. The van der Waals surface area contributed by atoms with Crippen LogP contribution in [0.3, 0.4) is 0 Å². The van der Waals surface area contributed by atoms with Crippen LogP contribution < -0.4 is 4.90 Å². The highest BCUT2D eigenvalue weighted by Crippen LogP contribution is 2.24. The van der Waals surface area contributed by atoms with E-state index in [-0.39, 0.29) is 12.1 Å². The summed E-state index contributed by atoms with van der Waals surface area (Å²) in [5, 5.41) is 0.795. The van der Waals surface area contributed by atoms with E-state index in [9.17, 15) is 8.42 Å². The Bertz CT molecular complexity index is 574. The van der Waals surface area contributed by atoms with E-state index >= 15 is 0 Å². The van der Waals surface area contributed by atoms with Gasteiger partial charge in [0.2, 0.25) is 10.0 Å². The minimum atomic E-state index is -3.37. The standard InChI is InChI=1S/C14H21BrN2O3S/c1-11-10-20-13(8-15)9-17(11)12-4-6-14(7-5-12)21(18,19)16(2)3/h4-7,11,13H,8-10H2,1-3H3. The SMILES string of the molecule is CC1COC(CBr)CN1c1ccc(S(=O)(=O)N(C)C)cc1. The fourth-order valence-electron chi connectivity index (χ4n) is 2.29. The van der Waals surface area contributed by atoms with Crippen LogP contribution in [0.5, 0.6) is 0 Å². The van der Waals surface area contributed by atoms with Gasteiger partial charge >= 0.3 is 0 Å². The van der Waals surface area contributed by atoms with Crippen molar-refractivity contribution >= 4 is 31.6 Å². The Kier molecular flexibility index (Phi) is 5.29. The third-order valence-corrected chi connectivity index (χ3v) is 6.18. The second-order valence-electron chi connectivity index (χ2n) is 5.39. The van der Waals surface area contributed by atoms with E-state index in [0.29, 0.717) is 11.5 Å². The first kappa shape index (κ1) is 16.7. The molecule has 0 bridgehead atoms. The molecule has 21 heavy (non-hydrogen) atoms. The van der Waals surface area contributed by atoms with Crippen molar-refractivity contribution in [2.24, 2.45) is 0 Å². The maximum absolute atomic E-state index is 12.1. The molecular weight excluding hydrogens is 356 g/mol. The van der Waals surface area contributed by atoms with Gasteiger partial charge in [0, 0.05) is 37.7 Å². The van der Waals surface area contributed by atoms with Crippen molar-refractivity contribution in [3.63, 3.8) is 0 Å². The van der Waals surface area contributed by atoms with Crippen molar-refractivity contribution < 1.29 is 13.2 Å². The molecule has 0 radical (unpaired) electrons. The molecule has 5 nitrogen and oxygen atoms in total. The van der Waals surface area contributed by atoms with Crippen molar-refractivity contribution in [2.45, 2.75) is 24.0 Å². The molecule has 1 aromatic rings. The molecule has 0 N–H and O–H groups in total. The van der Waals surface area contributed by atoms with Gasteiger partial charge in [-0.2, -0.15) is 0 Å². The molecule has 2 unspecified atom stereocenters. The van der Waals surface area contributed by atoms with Crippen LogP contribution in [0.25, 0.3) is 0 Å². The van der Waals surface area contributed by atoms with Crippen molar-refractivity contribution in [2.75, 3.05) is 37.5 Å². The number of alkyl halides is 1. The summed E-state index contributed by atoms with van der Waals surface area (Å²) in [7, 11) is -0.300. The number of nitrogens with zero attached hydrogens (tertiary/aromatic N) is 2. The Labute approximate surface area is 135 Å². The maximum atomic E-state index is 12.1. The van der Waals surface area contributed by atoms with Crippen molar-refractivity contribution in [1.82, 2.24) is 4.31 Å². The lowest BCUT2D eigenvalue weighted by atomic mass is 10.1. The number of ether oxygens (including phenoxy) is 1. The first-order valence-electron chi connectivity index (χ1n) is 6.83. The average Bonchev–Trinajstić information content (AvgIpc) is 2.48. The number of anilines is 1. The molecular formula is C14H21BrN2O3S. The first-order valence-corrected chi connectivity index (χ1v) is 9.39. The lowest BCUT2D eigenvalue weighted by Gasteiger charge is -2.39. The van der Waals surface area contributed by atoms with Gasteiger partial charge in [-0.3, -0.25) is 0 Å². The van der Waals surface area contributed by atoms with Gasteiger partial charge in [0.05, 0.1) is 17.6 Å². The van der Waals surface area contributed by atoms with E-state index in [1.807, 2.05) is 12.1 Å². The highest BCUT2D eigenvalue weighted by Gasteiger charge is 2.26. The van der Waals surface area contributed by atoms with Crippen LogP contribution in [0.2, 0.25) is 0 Å². The smallest absolute Gasteiger partial charge is 0.242 e. The molecule has 1 saturated heterocycles. The number of halogens is 1. The molecule has 1 fully saturated rings. The van der Waals surface area contributed by atoms with Crippen molar-refractivity contribution in [3.8, 4) is 0 Å². The van der Waals surface area contributed by atoms with Gasteiger partial charge in [0.15, 0.2) is 0 Å². The van der Waals surface area contributed by atoms with E-state index in [1.165, 1.54) is 18.4 Å². The van der Waals surface area contributed by atoms with Crippen molar-refractivity contribution in [1.29, 1.82) is 0 Å². The Morgan fingerprint density at radius 2 is 1.95 bits per heavy atom. The van der Waals surface area contributed by atoms with Crippen LogP contribution in [-0.4, -0.2) is 57.4 Å². The maximum Gasteiger partial charge on any atom is 0.242 e. The topological polar surface area (TPSA) is 49.9 Å². The Morgan fingerprint density at radius 3 is 2.48 bits per heavy atom. The molecule has 0 saturated carbocycles. The number of morpholine rings is 1. The van der Waals surface area contributed by atoms with Crippen LogP contribution in [0.4, 0.5) is 5.69 Å². The van der Waals surface area contributed by atoms with Crippen LogP contribution in [0, 0.1) is 0 Å². The quantitative estimate of drug-likeness (QED) is 0.753. The van der Waals surface area contributed by atoms with Gasteiger partial charge in [0.1, 0.15) is 0 Å². The van der Waals surface area contributed by atoms with Gasteiger partial charge in [0.25, 0.3) is 0 Å². The molecule has 1 aromatic carbocycles. The molecule has 0 aliphatic carbocycles. The Hall–Kier alpha value is -0.630. The molecule has 118 valence electrons. The fourth-order valence-corrected chi connectivity index (χ4v) is 3.58. The first-order chi connectivity index (χ1) is 9.86. The molecule has 0 amide bonds. The molecule has 1 aliphatic heterocycles. The third-order valence-electron chi connectivity index (χ3n) is 3.62. The zero-order valence-electron chi connectivity index (χ0n) is 12.5. The largest absolute Gasteiger partial charge is 0.373 e. The molecule has 2 rings (SSSR count). The van der Waals surface area contributed by atoms with Crippen LogP contribution in [0.15, 0.2) is 29.2 Å². The predicted molar refractivity (Wildman–Crippen MR) is 87.7 cm³/mol. The van der Waals surface area contributed by atoms with E-state index in [0.717, 1.165) is 17.6 Å². The molecule has 0 spiro atoms. The van der Waals surface area contributed by atoms with E-state index in [2.05, 4.69) is 27.8 Å². The summed E-state index contributed by atoms with van der Waals surface area (Å²) in [6.07, 6.45) is 0.159. The summed E-state index contributed by atoms with van der Waals surface area (Å²) in [5.74, 6) is 0. The minimum Gasteiger partial charge on any atom is -0.373 e. The Morgan fingerprint density at radius 1 is 1.33 bits per heavy atom. The fraction of sp³-hybridized carbons (Fsp3) is 0.571. The van der Waals surface area contributed by atoms with Crippen LogP contribution in [-0.2, 0) is 14.8 Å². The number of sulfonamides is 1. The number of hydrogen-bond donors (Lipinski definition) is 0. The minimum absolute atomic E-state index is 0.159. The molecule has 2 atom stereocenters. The summed E-state index contributed by atoms with van der Waals surface area (Å²) in [5.41, 5.74) is 1.02. The second kappa shape index (κ2) is 6.64. The normalized spacial score (nSPS) is 23.6. The van der Waals surface area contributed by atoms with Gasteiger partial charge in [-0.15, -0.1) is 0 Å². The van der Waals surface area contributed by atoms with Gasteiger partial charge in [-0.1, -0.05) is 15.9 Å². The lowest BCUT2D eigenvalue weighted by Crippen LogP contribution is -2.49. The van der Waals surface area contributed by atoms with E-state index in [1.54, 1.807) is 12.1 Å². The second-order valence-corrected chi connectivity index (χ2v) is 8.19. The van der Waals surface area contributed by atoms with Crippen molar-refractivity contribution in [3.05, 3.63) is 24.3 Å². The van der Waals surface area contributed by atoms with E-state index in [4.69, 9.17) is 4.74 Å². The van der Waals surface area contributed by atoms with Gasteiger partial charge in [-0.25, -0.2) is 12.7 Å². The summed E-state index contributed by atoms with van der Waals surface area (Å²) < 4.78 is 31.1. The Balaban J connectivity index is 2.22. The van der Waals surface area contributed by atoms with E-state index < -0.39 is 10.0 Å². The summed E-state index contributed by atoms with van der Waals surface area (Å²) in [6, 6.07) is 7.33.